The second-order valence-electron chi connectivity index (χ2n) is 3.59. The van der Waals surface area contributed by atoms with E-state index < -0.39 is 0 Å². The number of hydrogen-bond donors (Lipinski definition) is 4. The molecule has 6 heteroatoms. The average molecular weight is 232 g/mol. The van der Waals surface area contributed by atoms with Crippen LogP contribution in [0.2, 0.25) is 0 Å². The molecule has 8 N–H and O–H groups in total. The van der Waals surface area contributed by atoms with Crippen molar-refractivity contribution < 1.29 is 9.59 Å². The number of hydrogen-bond acceptors (Lipinski definition) is 4. The summed E-state index contributed by atoms with van der Waals surface area (Å²) < 4.78 is 0. The quantitative estimate of drug-likeness (QED) is 0.348. The van der Waals surface area contributed by atoms with Gasteiger partial charge in [0, 0.05) is 12.8 Å². The van der Waals surface area contributed by atoms with Crippen molar-refractivity contribution in [3.63, 3.8) is 0 Å². The zero-order valence-corrected chi connectivity index (χ0v) is 9.95. The van der Waals surface area contributed by atoms with Crippen LogP contribution in [-0.4, -0.2) is 18.0 Å². The number of nitrogens with two attached hydrogens (primary N) is 4. The third kappa shape index (κ3) is 23.0. The number of rotatable bonds is 7. The fourth-order valence-electron chi connectivity index (χ4n) is 0.932. The average Bonchev–Trinajstić information content (AvgIpc) is 2.12. The van der Waals surface area contributed by atoms with Gasteiger partial charge in [-0.15, -0.1) is 0 Å². The van der Waals surface area contributed by atoms with Gasteiger partial charge in [0.15, 0.2) is 0 Å². The molecule has 0 aromatic heterocycles. The first-order valence-electron chi connectivity index (χ1n) is 5.47. The summed E-state index contributed by atoms with van der Waals surface area (Å²) in [6, 6.07) is 0. The Morgan fingerprint density at radius 2 is 1.38 bits per heavy atom. The van der Waals surface area contributed by atoms with Crippen LogP contribution < -0.4 is 22.9 Å². The van der Waals surface area contributed by atoms with Gasteiger partial charge in [0.25, 0.3) is 0 Å². The molecule has 0 atom stereocenters. The minimum atomic E-state index is -0.329. The summed E-state index contributed by atoms with van der Waals surface area (Å²) >= 11 is 0. The standard InChI is InChI=1S/C6H12N2O2.C4H12N2/c7-5(9)3-1-2-4-6(8)10;1-2-3-4(5)6/h1-4H2,(H2,7,9)(H2,8,10);4H,2-3,5-6H2,1H3. The van der Waals surface area contributed by atoms with Crippen molar-refractivity contribution >= 4 is 11.8 Å². The van der Waals surface area contributed by atoms with E-state index in [0.29, 0.717) is 25.7 Å². The molecule has 0 fully saturated rings. The second-order valence-corrected chi connectivity index (χ2v) is 3.59. The lowest BCUT2D eigenvalue weighted by molar-refractivity contribution is -0.119. The largest absolute Gasteiger partial charge is 0.370 e. The van der Waals surface area contributed by atoms with Gasteiger partial charge in [-0.1, -0.05) is 13.3 Å². The smallest absolute Gasteiger partial charge is 0.217 e. The maximum Gasteiger partial charge on any atom is 0.217 e. The van der Waals surface area contributed by atoms with Gasteiger partial charge < -0.3 is 22.9 Å². The van der Waals surface area contributed by atoms with Crippen molar-refractivity contribution in [3.05, 3.63) is 0 Å². The van der Waals surface area contributed by atoms with Crippen molar-refractivity contribution in [1.29, 1.82) is 0 Å². The summed E-state index contributed by atoms with van der Waals surface area (Å²) in [4.78, 5) is 20.3. The van der Waals surface area contributed by atoms with E-state index in [9.17, 15) is 9.59 Å². The molecule has 16 heavy (non-hydrogen) atoms. The Labute approximate surface area is 96.7 Å². The zero-order chi connectivity index (χ0) is 13.0. The molecule has 2 amide bonds. The van der Waals surface area contributed by atoms with Gasteiger partial charge in [0.05, 0.1) is 6.17 Å². The van der Waals surface area contributed by atoms with E-state index in [1.54, 1.807) is 0 Å². The molecule has 6 nitrogen and oxygen atoms in total. The highest BCUT2D eigenvalue weighted by Gasteiger charge is 1.96. The Morgan fingerprint density at radius 3 is 1.50 bits per heavy atom. The first-order chi connectivity index (χ1) is 7.40. The topological polar surface area (TPSA) is 138 Å². The normalized spacial score (nSPS) is 9.50. The summed E-state index contributed by atoms with van der Waals surface area (Å²) in [7, 11) is 0. The van der Waals surface area contributed by atoms with Crippen molar-refractivity contribution in [3.8, 4) is 0 Å². The Morgan fingerprint density at radius 1 is 1.00 bits per heavy atom. The first-order valence-corrected chi connectivity index (χ1v) is 5.47. The highest BCUT2D eigenvalue weighted by Crippen LogP contribution is 1.97. The summed E-state index contributed by atoms with van der Waals surface area (Å²) in [6.45, 7) is 2.06. The molecule has 0 aromatic rings. The molecule has 96 valence electrons. The van der Waals surface area contributed by atoms with Gasteiger partial charge in [-0.25, -0.2) is 0 Å². The number of unbranched alkanes of at least 4 members (excludes halogenated alkanes) is 1. The molecule has 0 heterocycles. The van der Waals surface area contributed by atoms with E-state index in [4.69, 9.17) is 22.9 Å². The molecule has 0 rings (SSSR count). The van der Waals surface area contributed by atoms with Gasteiger partial charge in [-0.3, -0.25) is 9.59 Å². The van der Waals surface area contributed by atoms with Crippen LogP contribution in [-0.2, 0) is 9.59 Å². The van der Waals surface area contributed by atoms with Crippen LogP contribution in [0.1, 0.15) is 45.4 Å². The van der Waals surface area contributed by atoms with Gasteiger partial charge in [-0.05, 0) is 19.3 Å². The number of primary amides is 2. The summed E-state index contributed by atoms with van der Waals surface area (Å²) in [5, 5.41) is 0. The fourth-order valence-corrected chi connectivity index (χ4v) is 0.932. The predicted molar refractivity (Wildman–Crippen MR) is 63.9 cm³/mol. The van der Waals surface area contributed by atoms with E-state index in [-0.39, 0.29) is 18.0 Å². The molecule has 0 spiro atoms. The number of carbonyl (C=O) groups excluding carboxylic acids is 2. The maximum atomic E-state index is 10.2. The van der Waals surface area contributed by atoms with E-state index >= 15 is 0 Å². The lowest BCUT2D eigenvalue weighted by Crippen LogP contribution is -2.29. The lowest BCUT2D eigenvalue weighted by Gasteiger charge is -1.97. The third-order valence-corrected chi connectivity index (χ3v) is 1.72. The van der Waals surface area contributed by atoms with Crippen molar-refractivity contribution in [2.24, 2.45) is 22.9 Å². The number of carbonyl (C=O) groups is 2. The molecule has 0 saturated carbocycles. The van der Waals surface area contributed by atoms with Crippen molar-refractivity contribution in [2.75, 3.05) is 0 Å². The molecule has 0 unspecified atom stereocenters. The lowest BCUT2D eigenvalue weighted by atomic mass is 10.2. The third-order valence-electron chi connectivity index (χ3n) is 1.72. The maximum absolute atomic E-state index is 10.2. The molecule has 0 aliphatic carbocycles. The second kappa shape index (κ2) is 11.9. The summed E-state index contributed by atoms with van der Waals surface area (Å²) in [6.07, 6.45) is 3.89. The van der Waals surface area contributed by atoms with Crippen LogP contribution >= 0.6 is 0 Å². The van der Waals surface area contributed by atoms with Gasteiger partial charge >= 0.3 is 0 Å². The Kier molecular flexibility index (Phi) is 12.9. The number of amides is 2. The molecular formula is C10H24N4O2. The molecule has 0 aliphatic heterocycles. The molecular weight excluding hydrogens is 208 g/mol. The van der Waals surface area contributed by atoms with Crippen molar-refractivity contribution in [1.82, 2.24) is 0 Å². The predicted octanol–water partition coefficient (Wildman–Crippen LogP) is -0.453. The van der Waals surface area contributed by atoms with E-state index in [1.807, 2.05) is 0 Å². The van der Waals surface area contributed by atoms with Gasteiger partial charge in [0.1, 0.15) is 0 Å². The zero-order valence-electron chi connectivity index (χ0n) is 9.95. The summed E-state index contributed by atoms with van der Waals surface area (Å²) in [5.74, 6) is -0.658. The van der Waals surface area contributed by atoms with Crippen LogP contribution in [0, 0.1) is 0 Å². The molecule has 0 aliphatic rings. The van der Waals surface area contributed by atoms with Gasteiger partial charge in [-0.2, -0.15) is 0 Å². The molecule has 0 bridgehead atoms. The highest BCUT2D eigenvalue weighted by atomic mass is 16.1. The Bertz CT molecular complexity index is 179. The minimum absolute atomic E-state index is 0.102. The monoisotopic (exact) mass is 232 g/mol. The molecule has 0 radical (unpaired) electrons. The molecule has 0 saturated heterocycles. The van der Waals surface area contributed by atoms with E-state index in [1.165, 1.54) is 0 Å². The minimum Gasteiger partial charge on any atom is -0.370 e. The fraction of sp³-hybridized carbons (Fsp3) is 0.800. The SMILES string of the molecule is CCCC(N)N.NC(=O)CCCCC(N)=O. The van der Waals surface area contributed by atoms with E-state index in [0.717, 1.165) is 12.8 Å². The van der Waals surface area contributed by atoms with Gasteiger partial charge in [0.2, 0.25) is 11.8 Å². The van der Waals surface area contributed by atoms with Crippen LogP contribution in [0.15, 0.2) is 0 Å². The molecule has 0 aromatic carbocycles. The highest BCUT2D eigenvalue weighted by molar-refractivity contribution is 5.74. The van der Waals surface area contributed by atoms with Crippen LogP contribution in [0.25, 0.3) is 0 Å². The van der Waals surface area contributed by atoms with E-state index in [2.05, 4.69) is 6.92 Å². The Hall–Kier alpha value is -1.14. The first kappa shape index (κ1) is 17.3. The van der Waals surface area contributed by atoms with Crippen LogP contribution in [0.4, 0.5) is 0 Å². The van der Waals surface area contributed by atoms with Crippen molar-refractivity contribution in [2.45, 2.75) is 51.6 Å². The van der Waals surface area contributed by atoms with Crippen LogP contribution in [0.5, 0.6) is 0 Å². The summed E-state index contributed by atoms with van der Waals surface area (Å²) in [5.41, 5.74) is 20.1. The van der Waals surface area contributed by atoms with Crippen LogP contribution in [0.3, 0.4) is 0 Å². The Balaban J connectivity index is 0.